The summed E-state index contributed by atoms with van der Waals surface area (Å²) in [5.41, 5.74) is 3.96. The molecule has 0 saturated carbocycles. The summed E-state index contributed by atoms with van der Waals surface area (Å²) in [4.78, 5) is 18.0. The fourth-order valence-electron chi connectivity index (χ4n) is 1.41. The molecule has 0 unspecified atom stereocenters. The van der Waals surface area contributed by atoms with Crippen LogP contribution in [-0.4, -0.2) is 29.4 Å². The molecule has 1 aromatic rings. The second-order valence-corrected chi connectivity index (χ2v) is 4.28. The van der Waals surface area contributed by atoms with Gasteiger partial charge in [0.05, 0.1) is 0 Å². The van der Waals surface area contributed by atoms with Gasteiger partial charge in [0.15, 0.2) is 0 Å². The van der Waals surface area contributed by atoms with Crippen LogP contribution in [0.3, 0.4) is 0 Å². The van der Waals surface area contributed by atoms with Crippen LogP contribution in [0.1, 0.15) is 42.7 Å². The van der Waals surface area contributed by atoms with Gasteiger partial charge in [-0.05, 0) is 25.0 Å². The Hall–Kier alpha value is -1.62. The van der Waals surface area contributed by atoms with Gasteiger partial charge in [-0.25, -0.2) is 10.8 Å². The summed E-state index contributed by atoms with van der Waals surface area (Å²) in [5, 5.41) is 0. The summed E-state index contributed by atoms with van der Waals surface area (Å²) < 4.78 is 0. The summed E-state index contributed by atoms with van der Waals surface area (Å²) >= 11 is 0. The summed E-state index contributed by atoms with van der Waals surface area (Å²) in [6.07, 6.45) is 0. The predicted octanol–water partition coefficient (Wildman–Crippen LogP) is 1.58. The maximum atomic E-state index is 12.0. The van der Waals surface area contributed by atoms with Gasteiger partial charge < -0.3 is 10.3 Å². The Balaban J connectivity index is 3.15. The molecule has 5 heteroatoms. The molecular formula is C12H20N4O. The number of nitrogens with zero attached hydrogens (tertiary/aromatic N) is 2. The number of carbonyl (C=O) groups is 1. The fourth-order valence-corrected chi connectivity index (χ4v) is 1.41. The summed E-state index contributed by atoms with van der Waals surface area (Å²) in [5.74, 6) is 6.11. The van der Waals surface area contributed by atoms with Crippen LogP contribution in [0.25, 0.3) is 0 Å². The molecule has 5 nitrogen and oxygen atoms in total. The van der Waals surface area contributed by atoms with Crippen LogP contribution in [-0.2, 0) is 0 Å². The van der Waals surface area contributed by atoms with Crippen molar-refractivity contribution in [2.45, 2.75) is 26.7 Å². The third kappa shape index (κ3) is 3.17. The predicted molar refractivity (Wildman–Crippen MR) is 68.8 cm³/mol. The highest BCUT2D eigenvalue weighted by Gasteiger charge is 2.14. The number of carbonyl (C=O) groups excluding carboxylic acids is 1. The lowest BCUT2D eigenvalue weighted by Crippen LogP contribution is -2.26. The zero-order chi connectivity index (χ0) is 13.0. The highest BCUT2D eigenvalue weighted by molar-refractivity contribution is 5.94. The molecule has 0 fully saturated rings. The van der Waals surface area contributed by atoms with Crippen LogP contribution in [0.2, 0.25) is 0 Å². The van der Waals surface area contributed by atoms with Crippen molar-refractivity contribution in [1.82, 2.24) is 9.88 Å². The maximum absolute atomic E-state index is 12.0. The van der Waals surface area contributed by atoms with E-state index in [1.165, 1.54) is 0 Å². The Labute approximate surface area is 102 Å². The van der Waals surface area contributed by atoms with E-state index in [9.17, 15) is 4.79 Å². The number of anilines is 1. The number of nitrogens with two attached hydrogens (primary N) is 1. The Morgan fingerprint density at radius 2 is 2.18 bits per heavy atom. The SMILES string of the molecule is CCN(C)C(=O)c1cc(NN)nc(C(C)C)c1. The van der Waals surface area contributed by atoms with Crippen molar-refractivity contribution in [1.29, 1.82) is 0 Å². The van der Waals surface area contributed by atoms with E-state index >= 15 is 0 Å². The number of rotatable bonds is 4. The Bertz CT molecular complexity index is 403. The number of hydrogen-bond donors (Lipinski definition) is 2. The van der Waals surface area contributed by atoms with Crippen LogP contribution in [0, 0.1) is 0 Å². The van der Waals surface area contributed by atoms with E-state index in [1.54, 1.807) is 18.0 Å². The van der Waals surface area contributed by atoms with Gasteiger partial charge in [-0.1, -0.05) is 13.8 Å². The standard InChI is InChI=1S/C12H20N4O/c1-5-16(4)12(17)9-6-10(8(2)3)14-11(7-9)15-13/h6-8H,5,13H2,1-4H3,(H,14,15). The van der Waals surface area contributed by atoms with E-state index in [0.29, 0.717) is 17.9 Å². The molecule has 0 spiro atoms. The molecule has 0 aliphatic heterocycles. The molecule has 1 amide bonds. The molecule has 1 rings (SSSR count). The minimum absolute atomic E-state index is 0.0201. The topological polar surface area (TPSA) is 71.2 Å². The zero-order valence-electron chi connectivity index (χ0n) is 10.8. The monoisotopic (exact) mass is 236 g/mol. The summed E-state index contributed by atoms with van der Waals surface area (Å²) in [6, 6.07) is 3.49. The second-order valence-electron chi connectivity index (χ2n) is 4.28. The van der Waals surface area contributed by atoms with Gasteiger partial charge >= 0.3 is 0 Å². The number of aromatic nitrogens is 1. The van der Waals surface area contributed by atoms with E-state index in [0.717, 1.165) is 5.69 Å². The Morgan fingerprint density at radius 3 is 2.65 bits per heavy atom. The van der Waals surface area contributed by atoms with E-state index in [4.69, 9.17) is 5.84 Å². The lowest BCUT2D eigenvalue weighted by atomic mass is 10.1. The van der Waals surface area contributed by atoms with Crippen molar-refractivity contribution in [3.8, 4) is 0 Å². The van der Waals surface area contributed by atoms with Gasteiger partial charge in [0.1, 0.15) is 5.82 Å². The molecular weight excluding hydrogens is 216 g/mol. The molecule has 94 valence electrons. The molecule has 0 atom stereocenters. The molecule has 3 N–H and O–H groups in total. The zero-order valence-corrected chi connectivity index (χ0v) is 10.8. The molecule has 0 aliphatic rings. The average molecular weight is 236 g/mol. The van der Waals surface area contributed by atoms with Gasteiger partial charge in [-0.2, -0.15) is 0 Å². The highest BCUT2D eigenvalue weighted by Crippen LogP contribution is 2.18. The van der Waals surface area contributed by atoms with Gasteiger partial charge in [0, 0.05) is 24.8 Å². The van der Waals surface area contributed by atoms with Gasteiger partial charge in [0.2, 0.25) is 0 Å². The van der Waals surface area contributed by atoms with Crippen LogP contribution in [0.4, 0.5) is 5.82 Å². The number of nitrogens with one attached hydrogen (secondary N) is 1. The normalized spacial score (nSPS) is 10.5. The smallest absolute Gasteiger partial charge is 0.253 e. The average Bonchev–Trinajstić information content (AvgIpc) is 2.36. The van der Waals surface area contributed by atoms with Crippen molar-refractivity contribution in [2.24, 2.45) is 5.84 Å². The van der Waals surface area contributed by atoms with Crippen molar-refractivity contribution in [3.05, 3.63) is 23.4 Å². The number of nitrogen functional groups attached to an aromatic ring is 1. The fraction of sp³-hybridized carbons (Fsp3) is 0.500. The molecule has 0 aromatic carbocycles. The lowest BCUT2D eigenvalue weighted by Gasteiger charge is -2.16. The summed E-state index contributed by atoms with van der Waals surface area (Å²) in [6.45, 7) is 6.66. The number of pyridine rings is 1. The molecule has 0 bridgehead atoms. The van der Waals surface area contributed by atoms with Gasteiger partial charge in [-0.15, -0.1) is 0 Å². The van der Waals surface area contributed by atoms with Crippen LogP contribution in [0.5, 0.6) is 0 Å². The molecule has 1 heterocycles. The van der Waals surface area contributed by atoms with Gasteiger partial charge in [0.25, 0.3) is 5.91 Å². The van der Waals surface area contributed by atoms with Crippen LogP contribution in [0.15, 0.2) is 12.1 Å². The number of amides is 1. The first kappa shape index (κ1) is 13.4. The lowest BCUT2D eigenvalue weighted by molar-refractivity contribution is 0.0802. The van der Waals surface area contributed by atoms with Crippen molar-refractivity contribution < 1.29 is 4.79 Å². The Morgan fingerprint density at radius 1 is 1.53 bits per heavy atom. The van der Waals surface area contributed by atoms with E-state index in [1.807, 2.05) is 26.8 Å². The van der Waals surface area contributed by atoms with E-state index in [2.05, 4.69) is 10.4 Å². The molecule has 0 saturated heterocycles. The van der Waals surface area contributed by atoms with Crippen LogP contribution < -0.4 is 11.3 Å². The van der Waals surface area contributed by atoms with E-state index < -0.39 is 0 Å². The minimum atomic E-state index is -0.0201. The molecule has 17 heavy (non-hydrogen) atoms. The molecule has 1 aromatic heterocycles. The molecule has 0 radical (unpaired) electrons. The minimum Gasteiger partial charge on any atom is -0.342 e. The Kier molecular flexibility index (Phi) is 4.45. The third-order valence-electron chi connectivity index (χ3n) is 2.65. The number of hydrogen-bond acceptors (Lipinski definition) is 4. The summed E-state index contributed by atoms with van der Waals surface area (Å²) in [7, 11) is 1.77. The van der Waals surface area contributed by atoms with Crippen molar-refractivity contribution in [3.63, 3.8) is 0 Å². The van der Waals surface area contributed by atoms with Crippen molar-refractivity contribution >= 4 is 11.7 Å². The molecule has 0 aliphatic carbocycles. The highest BCUT2D eigenvalue weighted by atomic mass is 16.2. The third-order valence-corrected chi connectivity index (χ3v) is 2.65. The largest absolute Gasteiger partial charge is 0.342 e. The second kappa shape index (κ2) is 5.63. The first-order chi connectivity index (χ1) is 7.99. The quantitative estimate of drug-likeness (QED) is 0.615. The maximum Gasteiger partial charge on any atom is 0.253 e. The first-order valence-corrected chi connectivity index (χ1v) is 5.73. The van der Waals surface area contributed by atoms with Crippen LogP contribution >= 0.6 is 0 Å². The first-order valence-electron chi connectivity index (χ1n) is 5.73. The van der Waals surface area contributed by atoms with Gasteiger partial charge in [-0.3, -0.25) is 4.79 Å². The van der Waals surface area contributed by atoms with Crippen molar-refractivity contribution in [2.75, 3.05) is 19.0 Å². The van der Waals surface area contributed by atoms with E-state index in [-0.39, 0.29) is 11.8 Å². The number of hydrazine groups is 1.